The van der Waals surface area contributed by atoms with Crippen molar-refractivity contribution in [1.29, 1.82) is 0 Å². The maximum atomic E-state index is 12.4. The van der Waals surface area contributed by atoms with Crippen LogP contribution in [-0.2, 0) is 0 Å². The maximum Gasteiger partial charge on any atom is 0.343 e. The summed E-state index contributed by atoms with van der Waals surface area (Å²) in [5, 5.41) is 4.91. The minimum absolute atomic E-state index is 0.286. The van der Waals surface area contributed by atoms with Crippen LogP contribution < -0.4 is 10.2 Å². The van der Waals surface area contributed by atoms with Crippen molar-refractivity contribution in [1.82, 2.24) is 5.43 Å². The van der Waals surface area contributed by atoms with Gasteiger partial charge in [0.1, 0.15) is 5.75 Å². The lowest BCUT2D eigenvalue weighted by Gasteiger charge is -2.08. The fourth-order valence-corrected chi connectivity index (χ4v) is 3.01. The van der Waals surface area contributed by atoms with Crippen LogP contribution in [0.1, 0.15) is 26.3 Å². The molecular formula is C21H13BrCl2N2O3. The number of carbonyl (C=O) groups is 2. The van der Waals surface area contributed by atoms with Crippen LogP contribution in [0.2, 0.25) is 10.0 Å². The molecule has 0 spiro atoms. The summed E-state index contributed by atoms with van der Waals surface area (Å²) in [6.07, 6.45) is 1.39. The molecule has 0 saturated carbocycles. The number of hydrogen-bond donors (Lipinski definition) is 1. The predicted octanol–water partition coefficient (Wildman–Crippen LogP) is 5.74. The van der Waals surface area contributed by atoms with Crippen LogP contribution in [0.3, 0.4) is 0 Å². The van der Waals surface area contributed by atoms with Crippen molar-refractivity contribution in [3.8, 4) is 5.75 Å². The molecule has 1 N–H and O–H groups in total. The van der Waals surface area contributed by atoms with Crippen molar-refractivity contribution in [3.05, 3.63) is 97.9 Å². The summed E-state index contributed by atoms with van der Waals surface area (Å²) < 4.78 is 6.22. The molecule has 0 radical (unpaired) electrons. The Bertz CT molecular complexity index is 1090. The van der Waals surface area contributed by atoms with Crippen LogP contribution in [0.25, 0.3) is 0 Å². The van der Waals surface area contributed by atoms with Crippen molar-refractivity contribution < 1.29 is 14.3 Å². The minimum atomic E-state index is -0.540. The molecule has 8 heteroatoms. The van der Waals surface area contributed by atoms with Crippen molar-refractivity contribution in [2.24, 2.45) is 5.10 Å². The monoisotopic (exact) mass is 490 g/mol. The highest BCUT2D eigenvalue weighted by atomic mass is 79.9. The first-order chi connectivity index (χ1) is 13.9. The third-order valence-corrected chi connectivity index (χ3v) is 4.69. The van der Waals surface area contributed by atoms with E-state index in [1.54, 1.807) is 60.7 Å². The molecule has 3 aromatic rings. The molecular weight excluding hydrogens is 479 g/mol. The van der Waals surface area contributed by atoms with Crippen LogP contribution >= 0.6 is 39.1 Å². The number of rotatable bonds is 5. The number of ether oxygens (including phenoxy) is 1. The minimum Gasteiger partial charge on any atom is -0.422 e. The summed E-state index contributed by atoms with van der Waals surface area (Å²) >= 11 is 15.1. The number of nitrogens with zero attached hydrogens (tertiary/aromatic N) is 1. The zero-order valence-corrected chi connectivity index (χ0v) is 17.8. The molecule has 146 valence electrons. The van der Waals surface area contributed by atoms with Crippen molar-refractivity contribution >= 4 is 57.2 Å². The molecule has 0 aliphatic carbocycles. The second-order valence-corrected chi connectivity index (χ2v) is 7.58. The maximum absolute atomic E-state index is 12.4. The van der Waals surface area contributed by atoms with E-state index in [0.29, 0.717) is 26.7 Å². The van der Waals surface area contributed by atoms with Gasteiger partial charge in [0.05, 0.1) is 11.8 Å². The Morgan fingerprint density at radius 3 is 2.41 bits per heavy atom. The van der Waals surface area contributed by atoms with Gasteiger partial charge < -0.3 is 4.74 Å². The van der Waals surface area contributed by atoms with Gasteiger partial charge in [0, 0.05) is 25.6 Å². The molecule has 0 aliphatic rings. The van der Waals surface area contributed by atoms with Crippen LogP contribution in [0.4, 0.5) is 0 Å². The molecule has 3 aromatic carbocycles. The van der Waals surface area contributed by atoms with Crippen molar-refractivity contribution in [2.75, 3.05) is 0 Å². The number of hydrogen-bond acceptors (Lipinski definition) is 4. The molecule has 0 saturated heterocycles. The van der Waals surface area contributed by atoms with E-state index >= 15 is 0 Å². The van der Waals surface area contributed by atoms with Gasteiger partial charge in [0.15, 0.2) is 0 Å². The number of benzene rings is 3. The first kappa shape index (κ1) is 21.0. The summed E-state index contributed by atoms with van der Waals surface area (Å²) in [5.41, 5.74) is 3.64. The SMILES string of the molecule is O=C(N/N=C\c1cc(Br)ccc1OC(=O)c1ccc(Cl)cc1)c1cccc(Cl)c1. The van der Waals surface area contributed by atoms with E-state index in [1.165, 1.54) is 12.3 Å². The highest BCUT2D eigenvalue weighted by Crippen LogP contribution is 2.23. The lowest BCUT2D eigenvalue weighted by Crippen LogP contribution is -2.17. The Morgan fingerprint density at radius 1 is 0.931 bits per heavy atom. The average molecular weight is 492 g/mol. The van der Waals surface area contributed by atoms with Crippen LogP contribution in [0.5, 0.6) is 5.75 Å². The van der Waals surface area contributed by atoms with Crippen molar-refractivity contribution in [3.63, 3.8) is 0 Å². The molecule has 0 atom stereocenters. The summed E-state index contributed by atoms with van der Waals surface area (Å²) in [6, 6.07) is 17.9. The Hall–Kier alpha value is -2.67. The summed E-state index contributed by atoms with van der Waals surface area (Å²) in [7, 11) is 0. The lowest BCUT2D eigenvalue weighted by molar-refractivity contribution is 0.0734. The highest BCUT2D eigenvalue weighted by Gasteiger charge is 2.12. The second kappa shape index (κ2) is 9.69. The highest BCUT2D eigenvalue weighted by molar-refractivity contribution is 9.10. The average Bonchev–Trinajstić information content (AvgIpc) is 2.70. The molecule has 3 rings (SSSR count). The topological polar surface area (TPSA) is 67.8 Å². The molecule has 29 heavy (non-hydrogen) atoms. The number of nitrogens with one attached hydrogen (secondary N) is 1. The predicted molar refractivity (Wildman–Crippen MR) is 117 cm³/mol. The van der Waals surface area contributed by atoms with Gasteiger partial charge in [-0.15, -0.1) is 0 Å². The summed E-state index contributed by atoms with van der Waals surface area (Å²) in [5.74, 6) is -0.672. The molecule has 0 bridgehead atoms. The molecule has 5 nitrogen and oxygen atoms in total. The van der Waals surface area contributed by atoms with Gasteiger partial charge in [-0.25, -0.2) is 10.2 Å². The third-order valence-electron chi connectivity index (χ3n) is 3.71. The van der Waals surface area contributed by atoms with Gasteiger partial charge in [-0.3, -0.25) is 4.79 Å². The molecule has 0 aliphatic heterocycles. The Morgan fingerprint density at radius 2 is 1.69 bits per heavy atom. The fourth-order valence-electron chi connectivity index (χ4n) is 2.31. The first-order valence-electron chi connectivity index (χ1n) is 8.28. The van der Waals surface area contributed by atoms with E-state index in [1.807, 2.05) is 0 Å². The first-order valence-corrected chi connectivity index (χ1v) is 9.83. The van der Waals surface area contributed by atoms with E-state index in [4.69, 9.17) is 27.9 Å². The van der Waals surface area contributed by atoms with E-state index in [2.05, 4.69) is 26.5 Å². The molecule has 1 amide bonds. The van der Waals surface area contributed by atoms with Crippen LogP contribution in [0.15, 0.2) is 76.3 Å². The Balaban J connectivity index is 1.74. The fraction of sp³-hybridized carbons (Fsp3) is 0. The zero-order chi connectivity index (χ0) is 20.8. The quantitative estimate of drug-likeness (QED) is 0.214. The van der Waals surface area contributed by atoms with E-state index < -0.39 is 11.9 Å². The zero-order valence-electron chi connectivity index (χ0n) is 14.7. The third kappa shape index (κ3) is 5.90. The van der Waals surface area contributed by atoms with E-state index in [0.717, 1.165) is 4.47 Å². The van der Waals surface area contributed by atoms with Gasteiger partial charge in [0.25, 0.3) is 5.91 Å². The standard InChI is InChI=1S/C21H13BrCl2N2O3/c22-16-6-9-19(29-21(28)13-4-7-17(23)8-5-13)15(10-16)12-25-26-20(27)14-2-1-3-18(24)11-14/h1-12H,(H,26,27)/b25-12-. The molecule has 0 unspecified atom stereocenters. The largest absolute Gasteiger partial charge is 0.422 e. The summed E-state index contributed by atoms with van der Waals surface area (Å²) in [4.78, 5) is 24.5. The van der Waals surface area contributed by atoms with Crippen LogP contribution in [0, 0.1) is 0 Å². The lowest BCUT2D eigenvalue weighted by atomic mass is 10.2. The molecule has 0 fully saturated rings. The van der Waals surface area contributed by atoms with Gasteiger partial charge in [0.2, 0.25) is 0 Å². The number of halogens is 3. The smallest absolute Gasteiger partial charge is 0.343 e. The number of esters is 1. The van der Waals surface area contributed by atoms with Gasteiger partial charge in [-0.2, -0.15) is 5.10 Å². The summed E-state index contributed by atoms with van der Waals surface area (Å²) in [6.45, 7) is 0. The Kier molecular flexibility index (Phi) is 7.04. The van der Waals surface area contributed by atoms with Crippen molar-refractivity contribution in [2.45, 2.75) is 0 Å². The normalized spacial score (nSPS) is 10.7. The number of carbonyl (C=O) groups excluding carboxylic acids is 2. The number of hydrazone groups is 1. The van der Waals surface area contributed by atoms with Gasteiger partial charge in [-0.05, 0) is 60.7 Å². The van der Waals surface area contributed by atoms with E-state index in [9.17, 15) is 9.59 Å². The molecule has 0 heterocycles. The Labute approximate surface area is 185 Å². The molecule has 0 aromatic heterocycles. The number of amides is 1. The van der Waals surface area contributed by atoms with Crippen LogP contribution in [-0.4, -0.2) is 18.1 Å². The second-order valence-electron chi connectivity index (χ2n) is 5.79. The van der Waals surface area contributed by atoms with Gasteiger partial charge in [-0.1, -0.05) is 45.2 Å². The van der Waals surface area contributed by atoms with E-state index in [-0.39, 0.29) is 5.75 Å². The van der Waals surface area contributed by atoms with Gasteiger partial charge >= 0.3 is 5.97 Å².